The molecule has 8 heteroatoms. The number of aromatic carboxylic acids is 2. The number of carbonyl (C=O) groups is 2. The minimum Gasteiger partial charge on any atom is -0.476 e. The highest BCUT2D eigenvalue weighted by Gasteiger charge is 2.13. The van der Waals surface area contributed by atoms with Crippen LogP contribution in [-0.2, 0) is 0 Å². The Labute approximate surface area is 133 Å². The summed E-state index contributed by atoms with van der Waals surface area (Å²) >= 11 is 0. The highest BCUT2D eigenvalue weighted by atomic mass is 16.5. The molecule has 0 radical (unpaired) electrons. The SMILES string of the molecule is O=C(O)c1noc2ccccc12.O=C(O)c1noc2ccccc12. The van der Waals surface area contributed by atoms with Gasteiger partial charge in [-0.15, -0.1) is 0 Å². The second kappa shape index (κ2) is 6.21. The van der Waals surface area contributed by atoms with Crippen molar-refractivity contribution >= 4 is 33.9 Å². The topological polar surface area (TPSA) is 127 Å². The van der Waals surface area contributed by atoms with Crippen LogP contribution in [0.4, 0.5) is 0 Å². The minimum atomic E-state index is -1.07. The Morgan fingerprint density at radius 1 is 0.708 bits per heavy atom. The van der Waals surface area contributed by atoms with Gasteiger partial charge in [-0.25, -0.2) is 9.59 Å². The molecule has 0 fully saturated rings. The summed E-state index contributed by atoms with van der Waals surface area (Å²) < 4.78 is 9.56. The summed E-state index contributed by atoms with van der Waals surface area (Å²) in [5.74, 6) is -2.14. The van der Waals surface area contributed by atoms with E-state index in [2.05, 4.69) is 10.3 Å². The standard InChI is InChI=1S/2C8H5NO3/c2*10-8(11)7-5-3-1-2-4-6(5)12-9-7/h2*1-4H,(H,10,11). The van der Waals surface area contributed by atoms with Crippen LogP contribution in [0.5, 0.6) is 0 Å². The number of hydrogen-bond donors (Lipinski definition) is 2. The third kappa shape index (κ3) is 2.80. The number of aromatic nitrogens is 2. The molecule has 2 aromatic carbocycles. The van der Waals surface area contributed by atoms with Crippen molar-refractivity contribution in [1.29, 1.82) is 0 Å². The largest absolute Gasteiger partial charge is 0.476 e. The molecule has 0 unspecified atom stereocenters. The molecule has 4 aromatic rings. The monoisotopic (exact) mass is 326 g/mol. The number of hydrogen-bond acceptors (Lipinski definition) is 6. The molecule has 2 heterocycles. The number of fused-ring (bicyclic) bond motifs is 2. The maximum Gasteiger partial charge on any atom is 0.358 e. The van der Waals surface area contributed by atoms with Gasteiger partial charge in [0.1, 0.15) is 0 Å². The summed E-state index contributed by atoms with van der Waals surface area (Å²) in [5.41, 5.74) is 0.918. The van der Waals surface area contributed by atoms with Gasteiger partial charge in [-0.3, -0.25) is 0 Å². The van der Waals surface area contributed by atoms with Crippen LogP contribution < -0.4 is 0 Å². The predicted octanol–water partition coefficient (Wildman–Crippen LogP) is 3.05. The molecule has 0 aliphatic carbocycles. The normalized spacial score (nSPS) is 10.3. The molecule has 2 N–H and O–H groups in total. The molecule has 0 spiro atoms. The second-order valence-electron chi connectivity index (χ2n) is 4.66. The summed E-state index contributed by atoms with van der Waals surface area (Å²) in [6.45, 7) is 0. The van der Waals surface area contributed by atoms with Gasteiger partial charge in [0, 0.05) is 0 Å². The van der Waals surface area contributed by atoms with Crippen molar-refractivity contribution in [2.24, 2.45) is 0 Å². The number of rotatable bonds is 2. The van der Waals surface area contributed by atoms with Crippen LogP contribution in [0.3, 0.4) is 0 Å². The highest BCUT2D eigenvalue weighted by Crippen LogP contribution is 2.17. The lowest BCUT2D eigenvalue weighted by atomic mass is 10.2. The zero-order chi connectivity index (χ0) is 17.1. The zero-order valence-electron chi connectivity index (χ0n) is 12.0. The van der Waals surface area contributed by atoms with Crippen LogP contribution in [0.25, 0.3) is 21.9 Å². The van der Waals surface area contributed by atoms with Crippen molar-refractivity contribution in [2.45, 2.75) is 0 Å². The average Bonchev–Trinajstić information content (AvgIpc) is 3.19. The first-order chi connectivity index (χ1) is 11.6. The first-order valence-electron chi connectivity index (χ1n) is 6.73. The van der Waals surface area contributed by atoms with Crippen molar-refractivity contribution < 1.29 is 28.8 Å². The lowest BCUT2D eigenvalue weighted by Gasteiger charge is -1.84. The van der Waals surface area contributed by atoms with E-state index < -0.39 is 11.9 Å². The number of carboxylic acids is 2. The Hall–Kier alpha value is -3.68. The fourth-order valence-corrected chi connectivity index (χ4v) is 2.08. The average molecular weight is 326 g/mol. The maximum absolute atomic E-state index is 10.6. The highest BCUT2D eigenvalue weighted by molar-refractivity contribution is 6.00. The van der Waals surface area contributed by atoms with E-state index in [9.17, 15) is 9.59 Å². The van der Waals surface area contributed by atoms with E-state index in [0.717, 1.165) is 0 Å². The van der Waals surface area contributed by atoms with Crippen molar-refractivity contribution in [3.63, 3.8) is 0 Å². The third-order valence-corrected chi connectivity index (χ3v) is 3.16. The first-order valence-corrected chi connectivity index (χ1v) is 6.73. The predicted molar refractivity (Wildman–Crippen MR) is 81.9 cm³/mol. The minimum absolute atomic E-state index is 0.0365. The van der Waals surface area contributed by atoms with Gasteiger partial charge in [0.25, 0.3) is 0 Å². The van der Waals surface area contributed by atoms with Crippen LogP contribution in [0.15, 0.2) is 57.6 Å². The molecule has 0 aliphatic heterocycles. The quantitative estimate of drug-likeness (QED) is 0.575. The van der Waals surface area contributed by atoms with Crippen molar-refractivity contribution in [3.05, 3.63) is 59.9 Å². The van der Waals surface area contributed by atoms with E-state index >= 15 is 0 Å². The van der Waals surface area contributed by atoms with Crippen molar-refractivity contribution in [3.8, 4) is 0 Å². The Bertz CT molecular complexity index is 949. The molecular formula is C16H10N2O6. The smallest absolute Gasteiger partial charge is 0.358 e. The molecule has 0 amide bonds. The van der Waals surface area contributed by atoms with Crippen LogP contribution in [0.1, 0.15) is 21.0 Å². The van der Waals surface area contributed by atoms with Crippen molar-refractivity contribution in [2.75, 3.05) is 0 Å². The van der Waals surface area contributed by atoms with Gasteiger partial charge in [0.2, 0.25) is 0 Å². The third-order valence-electron chi connectivity index (χ3n) is 3.16. The lowest BCUT2D eigenvalue weighted by molar-refractivity contribution is 0.0676. The molecule has 24 heavy (non-hydrogen) atoms. The Morgan fingerprint density at radius 2 is 1.08 bits per heavy atom. The molecule has 0 saturated carbocycles. The Kier molecular flexibility index (Phi) is 3.94. The maximum atomic E-state index is 10.6. The van der Waals surface area contributed by atoms with E-state index in [1.54, 1.807) is 48.5 Å². The van der Waals surface area contributed by atoms with Gasteiger partial charge in [0.15, 0.2) is 22.6 Å². The second-order valence-corrected chi connectivity index (χ2v) is 4.66. The summed E-state index contributed by atoms with van der Waals surface area (Å²) in [6.07, 6.45) is 0. The van der Waals surface area contributed by atoms with Gasteiger partial charge in [-0.05, 0) is 24.3 Å². The van der Waals surface area contributed by atoms with E-state index in [4.69, 9.17) is 19.3 Å². The molecule has 120 valence electrons. The molecule has 2 aromatic heterocycles. The summed E-state index contributed by atoms with van der Waals surface area (Å²) in [6, 6.07) is 13.7. The Balaban J connectivity index is 0.000000141. The molecule has 8 nitrogen and oxygen atoms in total. The van der Waals surface area contributed by atoms with Crippen LogP contribution in [0, 0.1) is 0 Å². The lowest BCUT2D eigenvalue weighted by Crippen LogP contribution is -1.95. The van der Waals surface area contributed by atoms with Gasteiger partial charge in [-0.1, -0.05) is 34.6 Å². The summed E-state index contributed by atoms with van der Waals surface area (Å²) in [7, 11) is 0. The number of para-hydroxylation sites is 2. The molecule has 4 rings (SSSR count). The summed E-state index contributed by atoms with van der Waals surface area (Å²) in [4.78, 5) is 21.1. The zero-order valence-corrected chi connectivity index (χ0v) is 12.0. The van der Waals surface area contributed by atoms with E-state index in [-0.39, 0.29) is 11.4 Å². The van der Waals surface area contributed by atoms with Crippen LogP contribution >= 0.6 is 0 Å². The number of nitrogens with zero attached hydrogens (tertiary/aromatic N) is 2. The van der Waals surface area contributed by atoms with Gasteiger partial charge >= 0.3 is 11.9 Å². The van der Waals surface area contributed by atoms with Gasteiger partial charge < -0.3 is 19.3 Å². The van der Waals surface area contributed by atoms with Gasteiger partial charge in [-0.2, -0.15) is 0 Å². The Morgan fingerprint density at radius 3 is 1.46 bits per heavy atom. The number of benzene rings is 2. The molecule has 0 aliphatic rings. The molecule has 0 atom stereocenters. The fraction of sp³-hybridized carbons (Fsp3) is 0. The fourth-order valence-electron chi connectivity index (χ4n) is 2.08. The van der Waals surface area contributed by atoms with E-state index in [1.165, 1.54) is 0 Å². The molecule has 0 bridgehead atoms. The van der Waals surface area contributed by atoms with Gasteiger partial charge in [0.05, 0.1) is 10.8 Å². The van der Waals surface area contributed by atoms with Crippen LogP contribution in [-0.4, -0.2) is 32.5 Å². The van der Waals surface area contributed by atoms with Crippen LogP contribution in [0.2, 0.25) is 0 Å². The molecule has 0 saturated heterocycles. The number of carboxylic acid groups (broad SMARTS) is 2. The van der Waals surface area contributed by atoms with Crippen molar-refractivity contribution in [1.82, 2.24) is 10.3 Å². The first kappa shape index (κ1) is 15.2. The molecular weight excluding hydrogens is 316 g/mol. The van der Waals surface area contributed by atoms with E-state index in [1.807, 2.05) is 0 Å². The summed E-state index contributed by atoms with van der Waals surface area (Å²) in [5, 5.41) is 25.2. The van der Waals surface area contributed by atoms with E-state index in [0.29, 0.717) is 21.9 Å².